The normalized spacial score (nSPS) is 15.7. The summed E-state index contributed by atoms with van der Waals surface area (Å²) >= 11 is 0. The third kappa shape index (κ3) is 5.81. The molecule has 1 atom stereocenters. The van der Waals surface area contributed by atoms with E-state index in [-0.39, 0.29) is 11.9 Å². The molecule has 0 radical (unpaired) electrons. The van der Waals surface area contributed by atoms with Gasteiger partial charge in [0.25, 0.3) is 0 Å². The molecule has 0 N–H and O–H groups in total. The summed E-state index contributed by atoms with van der Waals surface area (Å²) in [5.41, 5.74) is 1.76. The van der Waals surface area contributed by atoms with Crippen molar-refractivity contribution in [3.63, 3.8) is 0 Å². The molecule has 0 bridgehead atoms. The van der Waals surface area contributed by atoms with Gasteiger partial charge in [-0.2, -0.15) is 4.98 Å². The Labute approximate surface area is 217 Å². The van der Waals surface area contributed by atoms with E-state index >= 15 is 0 Å². The van der Waals surface area contributed by atoms with Crippen LogP contribution in [0.1, 0.15) is 32.2 Å². The molecule has 8 heteroatoms. The van der Waals surface area contributed by atoms with Crippen molar-refractivity contribution in [3.8, 4) is 23.1 Å². The van der Waals surface area contributed by atoms with Crippen LogP contribution >= 0.6 is 0 Å². The number of hydrogen-bond donors (Lipinski definition) is 0. The van der Waals surface area contributed by atoms with Crippen molar-refractivity contribution in [1.29, 1.82) is 0 Å². The van der Waals surface area contributed by atoms with Gasteiger partial charge in [0.15, 0.2) is 0 Å². The van der Waals surface area contributed by atoms with Gasteiger partial charge < -0.3 is 14.0 Å². The van der Waals surface area contributed by atoms with Crippen LogP contribution in [0, 0.1) is 0 Å². The average molecular weight is 500 g/mol. The lowest BCUT2D eigenvalue weighted by Gasteiger charge is -2.40. The van der Waals surface area contributed by atoms with Crippen molar-refractivity contribution < 1.29 is 14.3 Å². The topological polar surface area (TPSA) is 72.7 Å². The third-order valence-electron chi connectivity index (χ3n) is 6.87. The van der Waals surface area contributed by atoms with Crippen LogP contribution < -0.4 is 9.47 Å². The molecular weight excluding hydrogens is 466 g/mol. The number of ketones is 1. The summed E-state index contributed by atoms with van der Waals surface area (Å²) < 4.78 is 14.4. The fourth-order valence-corrected chi connectivity index (χ4v) is 5.01. The number of Topliss-reactive ketones (excluding diaryl/α,β-unsaturated/α-hetero) is 1. The average Bonchev–Trinajstić information content (AvgIpc) is 3.34. The summed E-state index contributed by atoms with van der Waals surface area (Å²) in [5, 5.41) is 0. The van der Waals surface area contributed by atoms with E-state index in [0.29, 0.717) is 24.1 Å². The Morgan fingerprint density at radius 3 is 2.24 bits per heavy atom. The van der Waals surface area contributed by atoms with Gasteiger partial charge in [-0.05, 0) is 76.3 Å². The highest BCUT2D eigenvalue weighted by Crippen LogP contribution is 2.34. The van der Waals surface area contributed by atoms with Crippen LogP contribution in [0.25, 0.3) is 11.0 Å². The van der Waals surface area contributed by atoms with Gasteiger partial charge >= 0.3 is 0 Å². The monoisotopic (exact) mass is 499 g/mol. The first-order valence-corrected chi connectivity index (χ1v) is 12.7. The van der Waals surface area contributed by atoms with Crippen LogP contribution in [0.4, 0.5) is 0 Å². The Hall–Kier alpha value is -3.75. The maximum atomic E-state index is 11.8. The second kappa shape index (κ2) is 11.1. The molecular formula is C29H33N5O3. The molecule has 2 aromatic heterocycles. The highest BCUT2D eigenvalue weighted by atomic mass is 16.5. The van der Waals surface area contributed by atoms with Gasteiger partial charge in [0, 0.05) is 31.7 Å². The van der Waals surface area contributed by atoms with Crippen LogP contribution in [0.3, 0.4) is 0 Å². The van der Waals surface area contributed by atoms with Crippen LogP contribution in [-0.4, -0.2) is 63.5 Å². The molecule has 4 aromatic rings. The van der Waals surface area contributed by atoms with Crippen LogP contribution in [0.5, 0.6) is 23.1 Å². The summed E-state index contributed by atoms with van der Waals surface area (Å²) in [6.07, 6.45) is 6.27. The molecule has 8 nitrogen and oxygen atoms in total. The molecule has 1 aliphatic rings. The highest BCUT2D eigenvalue weighted by Gasteiger charge is 2.29. The third-order valence-corrected chi connectivity index (χ3v) is 6.87. The zero-order chi connectivity index (χ0) is 25.8. The first-order chi connectivity index (χ1) is 18.0. The minimum atomic E-state index is 0.135. The molecule has 1 fully saturated rings. The van der Waals surface area contributed by atoms with Crippen LogP contribution in [0.15, 0.2) is 73.2 Å². The number of carbonyl (C=O) groups is 1. The molecule has 1 saturated heterocycles. The lowest BCUT2D eigenvalue weighted by atomic mass is 10.0. The number of aromatic nitrogens is 3. The number of ether oxygens (including phenoxy) is 2. The quantitative estimate of drug-likeness (QED) is 0.300. The molecule has 0 spiro atoms. The van der Waals surface area contributed by atoms with Crippen molar-refractivity contribution in [1.82, 2.24) is 24.3 Å². The Morgan fingerprint density at radius 1 is 0.946 bits per heavy atom. The second-order valence-corrected chi connectivity index (χ2v) is 9.74. The summed E-state index contributed by atoms with van der Waals surface area (Å²) in [6.45, 7) is 3.51. The van der Waals surface area contributed by atoms with Gasteiger partial charge in [-0.15, -0.1) is 0 Å². The number of benzene rings is 2. The van der Waals surface area contributed by atoms with E-state index in [0.717, 1.165) is 48.5 Å². The van der Waals surface area contributed by atoms with E-state index in [9.17, 15) is 4.79 Å². The smallest absolute Gasteiger partial charge is 0.247 e. The number of nitrogens with zero attached hydrogens (tertiary/aromatic N) is 5. The van der Waals surface area contributed by atoms with E-state index in [2.05, 4.69) is 30.5 Å². The van der Waals surface area contributed by atoms with Crippen molar-refractivity contribution >= 4 is 16.8 Å². The summed E-state index contributed by atoms with van der Waals surface area (Å²) in [6, 6.07) is 19.6. The lowest BCUT2D eigenvalue weighted by Crippen LogP contribution is -2.49. The SMILES string of the molecule is CC(=O)CC(N(C)C)N1CCC(n2ccc3ncnc(Oc4ccc(Oc5ccccc5)cc4)c32)CC1. The Kier molecular flexibility index (Phi) is 7.48. The zero-order valence-corrected chi connectivity index (χ0v) is 21.6. The summed E-state index contributed by atoms with van der Waals surface area (Å²) in [4.78, 5) is 25.3. The van der Waals surface area contributed by atoms with E-state index in [1.165, 1.54) is 0 Å². The van der Waals surface area contributed by atoms with E-state index < -0.39 is 0 Å². The fourth-order valence-electron chi connectivity index (χ4n) is 5.01. The molecule has 0 saturated carbocycles. The standard InChI is InChI=1S/C29H33N5O3/c1-21(35)19-27(32(2)3)33-16-13-22(14-17-33)34-18-15-26-28(34)29(31-20-30-26)37-25-11-9-24(10-12-25)36-23-7-5-4-6-8-23/h4-12,15,18,20,22,27H,13-14,16-17,19H2,1-3H3. The molecule has 3 heterocycles. The zero-order valence-electron chi connectivity index (χ0n) is 21.6. The maximum Gasteiger partial charge on any atom is 0.247 e. The molecule has 2 aromatic carbocycles. The van der Waals surface area contributed by atoms with E-state index in [1.807, 2.05) is 74.8 Å². The fraction of sp³-hybridized carbons (Fsp3) is 0.345. The van der Waals surface area contributed by atoms with Gasteiger partial charge in [0.05, 0.1) is 11.7 Å². The van der Waals surface area contributed by atoms with E-state index in [4.69, 9.17) is 9.47 Å². The summed E-state index contributed by atoms with van der Waals surface area (Å²) in [5.74, 6) is 2.96. The Bertz CT molecular complexity index is 1330. The van der Waals surface area contributed by atoms with E-state index in [1.54, 1.807) is 13.3 Å². The lowest BCUT2D eigenvalue weighted by molar-refractivity contribution is -0.120. The van der Waals surface area contributed by atoms with Crippen molar-refractivity contribution in [2.75, 3.05) is 27.2 Å². The number of rotatable bonds is 9. The van der Waals surface area contributed by atoms with Crippen molar-refractivity contribution in [3.05, 3.63) is 73.2 Å². The minimum absolute atomic E-state index is 0.135. The molecule has 0 amide bonds. The number of fused-ring (bicyclic) bond motifs is 1. The molecule has 0 aliphatic carbocycles. The highest BCUT2D eigenvalue weighted by molar-refractivity contribution is 5.81. The molecule has 5 rings (SSSR count). The summed E-state index contributed by atoms with van der Waals surface area (Å²) in [7, 11) is 4.08. The van der Waals surface area contributed by atoms with Gasteiger partial charge in [0.2, 0.25) is 5.88 Å². The van der Waals surface area contributed by atoms with Gasteiger partial charge in [-0.25, -0.2) is 4.98 Å². The minimum Gasteiger partial charge on any atom is -0.457 e. The largest absolute Gasteiger partial charge is 0.457 e. The number of piperidine rings is 1. The molecule has 1 aliphatic heterocycles. The predicted molar refractivity (Wildman–Crippen MR) is 143 cm³/mol. The Balaban J connectivity index is 1.30. The first-order valence-electron chi connectivity index (χ1n) is 12.7. The molecule has 192 valence electrons. The first kappa shape index (κ1) is 24.9. The van der Waals surface area contributed by atoms with Crippen LogP contribution in [-0.2, 0) is 4.79 Å². The van der Waals surface area contributed by atoms with Gasteiger partial charge in [-0.3, -0.25) is 14.6 Å². The van der Waals surface area contributed by atoms with Crippen LogP contribution in [0.2, 0.25) is 0 Å². The van der Waals surface area contributed by atoms with Gasteiger partial charge in [-0.1, -0.05) is 18.2 Å². The second-order valence-electron chi connectivity index (χ2n) is 9.74. The van der Waals surface area contributed by atoms with Crippen molar-refractivity contribution in [2.24, 2.45) is 0 Å². The number of likely N-dealkylation sites (tertiary alicyclic amines) is 1. The molecule has 37 heavy (non-hydrogen) atoms. The number of hydrogen-bond acceptors (Lipinski definition) is 7. The Morgan fingerprint density at radius 2 is 1.59 bits per heavy atom. The number of para-hydroxylation sites is 1. The van der Waals surface area contributed by atoms with Crippen molar-refractivity contribution in [2.45, 2.75) is 38.4 Å². The van der Waals surface area contributed by atoms with Gasteiger partial charge in [0.1, 0.15) is 34.9 Å². The molecule has 1 unspecified atom stereocenters. The number of carbonyl (C=O) groups excluding carboxylic acids is 1. The predicted octanol–water partition coefficient (Wildman–Crippen LogP) is 5.52. The maximum absolute atomic E-state index is 11.8.